The van der Waals surface area contributed by atoms with E-state index in [-0.39, 0.29) is 17.8 Å². The minimum atomic E-state index is -4.46. The normalized spacial score (nSPS) is 10.9. The van der Waals surface area contributed by atoms with E-state index >= 15 is 0 Å². The van der Waals surface area contributed by atoms with Crippen molar-refractivity contribution in [1.82, 2.24) is 0 Å². The largest absolute Gasteiger partial charge is 0.416 e. The summed E-state index contributed by atoms with van der Waals surface area (Å²) in [6, 6.07) is 17.1. The van der Waals surface area contributed by atoms with Crippen molar-refractivity contribution in [2.75, 3.05) is 0 Å². The van der Waals surface area contributed by atoms with E-state index in [2.05, 4.69) is 26.0 Å². The predicted molar refractivity (Wildman–Crippen MR) is 113 cm³/mol. The first kappa shape index (κ1) is 23.1. The second-order valence-electron chi connectivity index (χ2n) is 6.88. The molecule has 0 aliphatic heterocycles. The van der Waals surface area contributed by atoms with Crippen LogP contribution >= 0.6 is 0 Å². The first-order chi connectivity index (χ1) is 14.1. The average Bonchev–Trinajstić information content (AvgIpc) is 2.68. The van der Waals surface area contributed by atoms with Gasteiger partial charge < -0.3 is 5.73 Å². The molecule has 0 spiro atoms. The summed E-state index contributed by atoms with van der Waals surface area (Å²) >= 11 is 0. The third-order valence-electron chi connectivity index (χ3n) is 4.76. The summed E-state index contributed by atoms with van der Waals surface area (Å²) in [6.07, 6.45) is -4.42. The van der Waals surface area contributed by atoms with Gasteiger partial charge in [-0.3, -0.25) is 5.41 Å². The van der Waals surface area contributed by atoms with E-state index in [1.54, 1.807) is 0 Å². The van der Waals surface area contributed by atoms with Gasteiger partial charge in [0.2, 0.25) is 0 Å². The Morgan fingerprint density at radius 3 is 2.07 bits per heavy atom. The summed E-state index contributed by atoms with van der Waals surface area (Å²) in [5.74, 6) is -0.683. The van der Waals surface area contributed by atoms with Crippen LogP contribution in [0.3, 0.4) is 0 Å². The minimum Gasteiger partial charge on any atom is -0.384 e. The van der Waals surface area contributed by atoms with Crippen LogP contribution in [0.15, 0.2) is 60.7 Å². The van der Waals surface area contributed by atoms with Gasteiger partial charge in [-0.2, -0.15) is 13.2 Å². The summed E-state index contributed by atoms with van der Waals surface area (Å²) in [7, 11) is 0. The zero-order valence-corrected chi connectivity index (χ0v) is 17.1. The summed E-state index contributed by atoms with van der Waals surface area (Å²) in [6.45, 7) is 5.66. The fourth-order valence-electron chi connectivity index (χ4n) is 3.14. The second-order valence-corrected chi connectivity index (χ2v) is 6.88. The molecule has 30 heavy (non-hydrogen) atoms. The highest BCUT2D eigenvalue weighted by atomic mass is 19.4. The maximum Gasteiger partial charge on any atom is 0.416 e. The molecule has 0 bridgehead atoms. The average molecular weight is 416 g/mol. The fourth-order valence-corrected chi connectivity index (χ4v) is 3.14. The molecule has 3 N–H and O–H groups in total. The number of aryl methyl sites for hydroxylation is 2. The Balaban J connectivity index is 0.000000222. The Labute approximate surface area is 173 Å². The Bertz CT molecular complexity index is 1040. The summed E-state index contributed by atoms with van der Waals surface area (Å²) in [4.78, 5) is 0. The highest BCUT2D eigenvalue weighted by molar-refractivity contribution is 5.96. The van der Waals surface area contributed by atoms with Gasteiger partial charge in [-0.1, -0.05) is 49.4 Å². The van der Waals surface area contributed by atoms with Crippen LogP contribution in [-0.4, -0.2) is 5.84 Å². The summed E-state index contributed by atoms with van der Waals surface area (Å²) in [5, 5.41) is 7.50. The topological polar surface area (TPSA) is 49.9 Å². The molecule has 0 fully saturated rings. The van der Waals surface area contributed by atoms with Crippen molar-refractivity contribution >= 4 is 5.84 Å². The number of hydrogen-bond donors (Lipinski definition) is 2. The van der Waals surface area contributed by atoms with Crippen molar-refractivity contribution in [3.63, 3.8) is 0 Å². The number of halogens is 4. The smallest absolute Gasteiger partial charge is 0.384 e. The molecule has 3 aromatic carbocycles. The number of benzene rings is 3. The molecule has 158 valence electrons. The van der Waals surface area contributed by atoms with Crippen LogP contribution in [0.5, 0.6) is 0 Å². The van der Waals surface area contributed by atoms with E-state index in [1.165, 1.54) is 23.6 Å². The monoisotopic (exact) mass is 416 g/mol. The van der Waals surface area contributed by atoms with E-state index in [0.717, 1.165) is 29.3 Å². The van der Waals surface area contributed by atoms with Gasteiger partial charge >= 0.3 is 6.18 Å². The lowest BCUT2D eigenvalue weighted by Crippen LogP contribution is -2.11. The van der Waals surface area contributed by atoms with Crippen molar-refractivity contribution in [2.24, 2.45) is 5.73 Å². The molecule has 0 amide bonds. The quantitative estimate of drug-likeness (QED) is 0.280. The molecule has 0 heterocycles. The van der Waals surface area contributed by atoms with Gasteiger partial charge in [0, 0.05) is 5.56 Å². The fraction of sp³-hybridized carbons (Fsp3) is 0.208. The van der Waals surface area contributed by atoms with Crippen molar-refractivity contribution < 1.29 is 17.6 Å². The lowest BCUT2D eigenvalue weighted by Gasteiger charge is -2.11. The van der Waals surface area contributed by atoms with Crippen molar-refractivity contribution in [3.8, 4) is 11.1 Å². The zero-order valence-electron chi connectivity index (χ0n) is 17.1. The lowest BCUT2D eigenvalue weighted by molar-refractivity contribution is -0.138. The van der Waals surface area contributed by atoms with Crippen LogP contribution in [0.1, 0.15) is 34.7 Å². The number of alkyl halides is 3. The molecule has 0 aliphatic rings. The van der Waals surface area contributed by atoms with E-state index in [4.69, 9.17) is 11.1 Å². The van der Waals surface area contributed by atoms with Crippen molar-refractivity contribution in [2.45, 2.75) is 33.4 Å². The molecule has 0 aliphatic carbocycles. The number of rotatable bonds is 3. The van der Waals surface area contributed by atoms with Gasteiger partial charge in [0.1, 0.15) is 11.7 Å². The number of nitrogens with one attached hydrogen (secondary N) is 1. The molecule has 0 radical (unpaired) electrons. The minimum absolute atomic E-state index is 0.0432. The SMILES string of the molecule is CCc1c(F)cccc1C(F)(F)F.Cc1ccccc1-c1cc(C(=N)N)ccc1C. The summed E-state index contributed by atoms with van der Waals surface area (Å²) < 4.78 is 49.6. The Kier molecular flexibility index (Phi) is 7.38. The van der Waals surface area contributed by atoms with Crippen molar-refractivity contribution in [1.29, 1.82) is 5.41 Å². The molecular weight excluding hydrogens is 392 g/mol. The van der Waals surface area contributed by atoms with Gasteiger partial charge in [0.05, 0.1) is 5.56 Å². The molecule has 6 heteroatoms. The molecule has 0 atom stereocenters. The van der Waals surface area contributed by atoms with E-state index < -0.39 is 17.6 Å². The van der Waals surface area contributed by atoms with E-state index in [0.29, 0.717) is 0 Å². The molecular formula is C24H24F4N2. The number of hydrogen-bond acceptors (Lipinski definition) is 1. The molecule has 0 aromatic heterocycles. The molecule has 0 saturated carbocycles. The highest BCUT2D eigenvalue weighted by Crippen LogP contribution is 2.33. The van der Waals surface area contributed by atoms with Crippen LogP contribution in [0.4, 0.5) is 17.6 Å². The van der Waals surface area contributed by atoms with Crippen LogP contribution in [0.2, 0.25) is 0 Å². The van der Waals surface area contributed by atoms with Crippen molar-refractivity contribution in [3.05, 3.63) is 94.3 Å². The molecule has 0 saturated heterocycles. The van der Waals surface area contributed by atoms with E-state index in [1.807, 2.05) is 30.3 Å². The third kappa shape index (κ3) is 5.47. The zero-order chi connectivity index (χ0) is 22.5. The van der Waals surface area contributed by atoms with Gasteiger partial charge in [-0.25, -0.2) is 4.39 Å². The molecule has 2 nitrogen and oxygen atoms in total. The standard InChI is InChI=1S/C15H16N2.C9H8F4/c1-10-5-3-4-6-13(10)14-9-12(15(16)17)8-7-11(14)2;1-2-6-7(9(11,12)13)4-3-5-8(6)10/h3-9H,1-2H3,(H3,16,17);3-5H,2H2,1H3. The Morgan fingerprint density at radius 2 is 1.53 bits per heavy atom. The number of nitrogen functional groups attached to an aromatic ring is 1. The molecule has 0 unspecified atom stereocenters. The van der Waals surface area contributed by atoms with Gasteiger partial charge in [-0.15, -0.1) is 0 Å². The number of amidine groups is 1. The second kappa shape index (κ2) is 9.57. The van der Waals surface area contributed by atoms with Crippen LogP contribution in [-0.2, 0) is 12.6 Å². The first-order valence-electron chi connectivity index (χ1n) is 9.41. The first-order valence-corrected chi connectivity index (χ1v) is 9.41. The van der Waals surface area contributed by atoms with E-state index in [9.17, 15) is 17.6 Å². The van der Waals surface area contributed by atoms with Crippen LogP contribution < -0.4 is 5.73 Å². The number of nitrogens with two attached hydrogens (primary N) is 1. The maximum atomic E-state index is 12.9. The summed E-state index contributed by atoms with van der Waals surface area (Å²) in [5.41, 5.74) is 9.94. The van der Waals surface area contributed by atoms with Gasteiger partial charge in [0.25, 0.3) is 0 Å². The predicted octanol–water partition coefficient (Wildman–Crippen LogP) is 6.66. The molecule has 3 aromatic rings. The third-order valence-corrected chi connectivity index (χ3v) is 4.76. The molecule has 3 rings (SSSR count). The van der Waals surface area contributed by atoms with Crippen LogP contribution in [0.25, 0.3) is 11.1 Å². The van der Waals surface area contributed by atoms with Gasteiger partial charge in [0.15, 0.2) is 0 Å². The highest BCUT2D eigenvalue weighted by Gasteiger charge is 2.33. The maximum absolute atomic E-state index is 12.9. The Morgan fingerprint density at radius 1 is 0.900 bits per heavy atom. The lowest BCUT2D eigenvalue weighted by atomic mass is 9.95. The Hall–Kier alpha value is -3.15. The van der Waals surface area contributed by atoms with Gasteiger partial charge in [-0.05, 0) is 66.3 Å². The van der Waals surface area contributed by atoms with Crippen LogP contribution in [0, 0.1) is 25.1 Å².